The van der Waals surface area contributed by atoms with Crippen LogP contribution >= 0.6 is 11.6 Å². The molecule has 1 unspecified atom stereocenters. The Hall–Kier alpha value is -5.67. The van der Waals surface area contributed by atoms with Gasteiger partial charge in [-0.2, -0.15) is 5.10 Å². The summed E-state index contributed by atoms with van der Waals surface area (Å²) in [5.74, 6) is -2.33. The largest absolute Gasteiger partial charge is 0.488 e. The molecule has 3 aromatic carbocycles. The zero-order chi connectivity index (χ0) is 46.9. The van der Waals surface area contributed by atoms with Crippen molar-refractivity contribution in [2.45, 2.75) is 110 Å². The van der Waals surface area contributed by atoms with E-state index in [0.717, 1.165) is 11.1 Å². The van der Waals surface area contributed by atoms with E-state index in [4.69, 9.17) is 36.3 Å². The van der Waals surface area contributed by atoms with Gasteiger partial charge in [0.05, 0.1) is 24.9 Å². The van der Waals surface area contributed by atoms with E-state index in [0.29, 0.717) is 31.2 Å². The van der Waals surface area contributed by atoms with Gasteiger partial charge in [-0.3, -0.25) is 14.3 Å². The Kier molecular flexibility index (Phi) is 16.5. The summed E-state index contributed by atoms with van der Waals surface area (Å²) in [7, 11) is 4.87. The number of benzene rings is 3. The molecule has 16 heteroatoms. The Labute approximate surface area is 380 Å². The molecule has 2 N–H and O–H groups in total. The second-order valence-electron chi connectivity index (χ2n) is 18.2. The quantitative estimate of drug-likeness (QED) is 0.109. The average Bonchev–Trinajstić information content (AvgIpc) is 3.67. The summed E-state index contributed by atoms with van der Waals surface area (Å²) in [4.78, 5) is 58.3. The monoisotopic (exact) mass is 904 g/mol. The van der Waals surface area contributed by atoms with E-state index >= 15 is 4.39 Å². The molecule has 5 rings (SSSR count). The summed E-state index contributed by atoms with van der Waals surface area (Å²) in [6, 6.07) is 17.1. The molecule has 1 aliphatic rings. The van der Waals surface area contributed by atoms with Gasteiger partial charge in [-0.15, -0.1) is 0 Å². The molecule has 1 atom stereocenters. The van der Waals surface area contributed by atoms with Crippen LogP contribution in [0.5, 0.6) is 5.75 Å². The highest BCUT2D eigenvalue weighted by Gasteiger charge is 2.38. The minimum absolute atomic E-state index is 0.0646. The summed E-state index contributed by atoms with van der Waals surface area (Å²) < 4.78 is 40.7. The number of carbonyl (C=O) groups excluding carboxylic acids is 4. The standard InChI is InChI=1S/C48H62ClFN6O8/c1-47(2,3)63-45(59)55(28-31-26-52-54(27-31)30-41(57)53(7)8)34-16-18-35(19-17-34)56(46(60)64-48(4,5)6)29-38(32-13-11-10-12-14-32)33-15-21-39(49)37(25-33)42-36(44(51)58)20-22-40(43(42)50)62-24-23-61-9/h10-15,20-22,25-27,34-35,38H,16-19,23-24,28-30H2,1-9H3,(H2,51,58). The van der Waals surface area contributed by atoms with Crippen LogP contribution in [-0.4, -0.2) is 113 Å². The molecule has 0 aliphatic heterocycles. The van der Waals surface area contributed by atoms with E-state index in [1.54, 1.807) is 53.1 Å². The molecule has 4 amide bonds. The maximum Gasteiger partial charge on any atom is 0.410 e. The van der Waals surface area contributed by atoms with Gasteiger partial charge in [0.1, 0.15) is 24.4 Å². The van der Waals surface area contributed by atoms with Gasteiger partial charge in [-0.1, -0.05) is 48.0 Å². The van der Waals surface area contributed by atoms with Crippen LogP contribution in [0.4, 0.5) is 14.0 Å². The van der Waals surface area contributed by atoms with Crippen molar-refractivity contribution in [3.05, 3.63) is 106 Å². The van der Waals surface area contributed by atoms with Gasteiger partial charge in [0.15, 0.2) is 11.6 Å². The molecule has 0 saturated heterocycles. The van der Waals surface area contributed by atoms with Crippen LogP contribution in [0, 0.1) is 5.82 Å². The number of carbonyl (C=O) groups is 4. The van der Waals surface area contributed by atoms with Crippen LogP contribution in [0.25, 0.3) is 11.1 Å². The summed E-state index contributed by atoms with van der Waals surface area (Å²) in [6.07, 6.45) is 4.62. The van der Waals surface area contributed by atoms with Gasteiger partial charge in [0.25, 0.3) is 0 Å². The van der Waals surface area contributed by atoms with Crippen LogP contribution in [-0.2, 0) is 32.1 Å². The van der Waals surface area contributed by atoms with Crippen molar-refractivity contribution in [1.29, 1.82) is 0 Å². The fourth-order valence-electron chi connectivity index (χ4n) is 7.70. The third-order valence-electron chi connectivity index (χ3n) is 10.8. The number of nitrogens with zero attached hydrogens (tertiary/aromatic N) is 5. The second kappa shape index (κ2) is 21.3. The molecular formula is C48H62ClFN6O8. The van der Waals surface area contributed by atoms with Crippen LogP contribution in [0.2, 0.25) is 5.02 Å². The zero-order valence-electron chi connectivity index (χ0n) is 38.4. The number of rotatable bonds is 16. The molecule has 0 spiro atoms. The van der Waals surface area contributed by atoms with Crippen molar-refractivity contribution in [3.63, 3.8) is 0 Å². The van der Waals surface area contributed by atoms with Crippen molar-refractivity contribution in [3.8, 4) is 16.9 Å². The fourth-order valence-corrected chi connectivity index (χ4v) is 7.91. The van der Waals surface area contributed by atoms with Crippen LogP contribution in [0.1, 0.15) is 100 Å². The number of aromatic nitrogens is 2. The van der Waals surface area contributed by atoms with Crippen molar-refractivity contribution in [2.24, 2.45) is 5.73 Å². The highest BCUT2D eigenvalue weighted by atomic mass is 35.5. The topological polar surface area (TPSA) is 159 Å². The summed E-state index contributed by atoms with van der Waals surface area (Å²) in [5, 5.41) is 4.55. The number of halogens is 2. The lowest BCUT2D eigenvalue weighted by atomic mass is 9.85. The average molecular weight is 906 g/mol. The first-order chi connectivity index (χ1) is 30.1. The van der Waals surface area contributed by atoms with Gasteiger partial charge in [0.2, 0.25) is 11.8 Å². The normalized spacial score (nSPS) is 15.8. The first-order valence-corrected chi connectivity index (χ1v) is 21.8. The van der Waals surface area contributed by atoms with Crippen molar-refractivity contribution in [1.82, 2.24) is 24.5 Å². The highest BCUT2D eigenvalue weighted by Crippen LogP contribution is 2.40. The number of methoxy groups -OCH3 is 1. The number of likely N-dealkylation sites (N-methyl/N-ethyl adjacent to an activating group) is 1. The summed E-state index contributed by atoms with van der Waals surface area (Å²) in [5.41, 5.74) is 6.59. The Balaban J connectivity index is 1.49. The van der Waals surface area contributed by atoms with E-state index in [-0.39, 0.29) is 78.3 Å². The smallest absolute Gasteiger partial charge is 0.410 e. The highest BCUT2D eigenvalue weighted by molar-refractivity contribution is 6.33. The van der Waals surface area contributed by atoms with Gasteiger partial charge in [-0.25, -0.2) is 14.0 Å². The molecule has 1 aromatic heterocycles. The molecule has 346 valence electrons. The number of ether oxygens (including phenoxy) is 4. The lowest BCUT2D eigenvalue weighted by Crippen LogP contribution is -2.50. The third-order valence-corrected chi connectivity index (χ3v) is 11.1. The molecule has 0 radical (unpaired) electrons. The molecular weight excluding hydrogens is 843 g/mol. The van der Waals surface area contributed by atoms with Gasteiger partial charge in [-0.05, 0) is 103 Å². The van der Waals surface area contributed by atoms with E-state index in [2.05, 4.69) is 5.10 Å². The van der Waals surface area contributed by atoms with Crippen LogP contribution < -0.4 is 10.5 Å². The number of primary amides is 1. The molecule has 1 aliphatic carbocycles. The van der Waals surface area contributed by atoms with E-state index in [9.17, 15) is 19.2 Å². The molecule has 14 nitrogen and oxygen atoms in total. The van der Waals surface area contributed by atoms with E-state index in [1.165, 1.54) is 24.1 Å². The fraction of sp³-hybridized carbons (Fsp3) is 0.479. The van der Waals surface area contributed by atoms with E-state index in [1.807, 2.05) is 77.9 Å². The number of hydrogen-bond donors (Lipinski definition) is 1. The SMILES string of the molecule is COCCOc1ccc(C(N)=O)c(-c2cc(C(CN(C(=O)OC(C)(C)C)C3CCC(N(Cc4cnn(CC(=O)N(C)C)c4)C(=O)OC(C)(C)C)CC3)c3ccccc3)ccc2Cl)c1F. The minimum atomic E-state index is -0.845. The maximum absolute atomic E-state index is 16.4. The lowest BCUT2D eigenvalue weighted by molar-refractivity contribution is -0.129. The summed E-state index contributed by atoms with van der Waals surface area (Å²) >= 11 is 6.82. The zero-order valence-corrected chi connectivity index (χ0v) is 39.1. The predicted octanol–water partition coefficient (Wildman–Crippen LogP) is 8.67. The molecule has 4 aromatic rings. The van der Waals surface area contributed by atoms with Gasteiger partial charge in [0, 0.05) is 73.7 Å². The number of hydrogen-bond acceptors (Lipinski definition) is 9. The molecule has 0 bridgehead atoms. The van der Waals surface area contributed by atoms with Crippen molar-refractivity contribution in [2.75, 3.05) is 41.0 Å². The Morgan fingerprint density at radius 1 is 0.859 bits per heavy atom. The van der Waals surface area contributed by atoms with Crippen molar-refractivity contribution >= 4 is 35.6 Å². The maximum atomic E-state index is 16.4. The number of amides is 4. The van der Waals surface area contributed by atoms with Crippen LogP contribution in [0.15, 0.2) is 73.1 Å². The lowest BCUT2D eigenvalue weighted by Gasteiger charge is -2.42. The third kappa shape index (κ3) is 13.2. The van der Waals surface area contributed by atoms with Gasteiger partial charge < -0.3 is 39.4 Å². The molecule has 64 heavy (non-hydrogen) atoms. The molecule has 1 saturated carbocycles. The Bertz CT molecular complexity index is 2250. The first-order valence-electron chi connectivity index (χ1n) is 21.4. The minimum Gasteiger partial charge on any atom is -0.488 e. The van der Waals surface area contributed by atoms with Gasteiger partial charge >= 0.3 is 12.2 Å². The van der Waals surface area contributed by atoms with Crippen molar-refractivity contribution < 1.29 is 42.5 Å². The second-order valence-corrected chi connectivity index (χ2v) is 18.7. The van der Waals surface area contributed by atoms with E-state index < -0.39 is 41.0 Å². The molecule has 1 heterocycles. The first kappa shape index (κ1) is 49.3. The summed E-state index contributed by atoms with van der Waals surface area (Å²) in [6.45, 7) is 11.6. The molecule has 1 fully saturated rings. The Morgan fingerprint density at radius 3 is 2.05 bits per heavy atom. The van der Waals surface area contributed by atoms with Crippen LogP contribution in [0.3, 0.4) is 0 Å². The number of nitrogens with two attached hydrogens (primary N) is 1. The predicted molar refractivity (Wildman–Crippen MR) is 243 cm³/mol. The Morgan fingerprint density at radius 2 is 1.47 bits per heavy atom.